The Bertz CT molecular complexity index is 353. The molecule has 0 aliphatic heterocycles. The van der Waals surface area contributed by atoms with E-state index in [4.69, 9.17) is 0 Å². The van der Waals surface area contributed by atoms with E-state index in [0.29, 0.717) is 25.7 Å². The maximum Gasteiger partial charge on any atom is 0.309 e. The van der Waals surface area contributed by atoms with Gasteiger partial charge in [0, 0.05) is 5.75 Å². The van der Waals surface area contributed by atoms with Crippen LogP contribution < -0.4 is 0 Å². The number of carboxylic acids is 1. The van der Waals surface area contributed by atoms with Crippen molar-refractivity contribution >= 4 is 15.8 Å². The predicted octanol–water partition coefficient (Wildman–Crippen LogP) is 2.24. The Balaban J connectivity index is 2.54. The van der Waals surface area contributed by atoms with Gasteiger partial charge in [-0.3, -0.25) is 4.79 Å². The first-order valence-electron chi connectivity index (χ1n) is 6.36. The van der Waals surface area contributed by atoms with E-state index in [1.165, 1.54) is 0 Å². The van der Waals surface area contributed by atoms with Crippen LogP contribution in [0.1, 0.15) is 51.9 Å². The van der Waals surface area contributed by atoms with Crippen LogP contribution in [-0.2, 0) is 14.6 Å². The molecule has 1 aliphatic rings. The molecule has 100 valence electrons. The summed E-state index contributed by atoms with van der Waals surface area (Å²) >= 11 is 0. The van der Waals surface area contributed by atoms with Crippen LogP contribution in [0.4, 0.5) is 0 Å². The van der Waals surface area contributed by atoms with Crippen molar-refractivity contribution in [1.82, 2.24) is 0 Å². The summed E-state index contributed by atoms with van der Waals surface area (Å²) in [4.78, 5) is 11.4. The summed E-state index contributed by atoms with van der Waals surface area (Å²) in [6.45, 7) is 1.63. The Morgan fingerprint density at radius 2 is 1.82 bits per heavy atom. The highest BCUT2D eigenvalue weighted by molar-refractivity contribution is 7.91. The van der Waals surface area contributed by atoms with Crippen LogP contribution in [0.15, 0.2) is 0 Å². The molecule has 1 aliphatic carbocycles. The Kier molecular flexibility index (Phi) is 4.98. The van der Waals surface area contributed by atoms with Crippen molar-refractivity contribution < 1.29 is 18.3 Å². The van der Waals surface area contributed by atoms with E-state index in [0.717, 1.165) is 19.3 Å². The van der Waals surface area contributed by atoms with Crippen molar-refractivity contribution in [3.05, 3.63) is 0 Å². The largest absolute Gasteiger partial charge is 0.481 e. The lowest BCUT2D eigenvalue weighted by atomic mass is 9.71. The van der Waals surface area contributed by atoms with E-state index in [-0.39, 0.29) is 11.5 Å². The van der Waals surface area contributed by atoms with Gasteiger partial charge in [-0.25, -0.2) is 8.42 Å². The number of carboxylic acid groups (broad SMARTS) is 1. The summed E-state index contributed by atoms with van der Waals surface area (Å²) in [7, 11) is -2.97. The normalized spacial score (nSPS) is 20.1. The summed E-state index contributed by atoms with van der Waals surface area (Å²) in [5.74, 6) is -0.475. The first-order chi connectivity index (χ1) is 7.92. The predicted molar refractivity (Wildman–Crippen MR) is 66.7 cm³/mol. The summed E-state index contributed by atoms with van der Waals surface area (Å²) in [5.41, 5.74) is -0.651. The summed E-state index contributed by atoms with van der Waals surface area (Å²) in [6.07, 6.45) is 5.38. The molecule has 0 aromatic carbocycles. The molecule has 5 heteroatoms. The van der Waals surface area contributed by atoms with Gasteiger partial charge in [0.1, 0.15) is 9.84 Å². The van der Waals surface area contributed by atoms with Gasteiger partial charge in [0.2, 0.25) is 0 Å². The lowest BCUT2D eigenvalue weighted by Gasteiger charge is -2.33. The maximum absolute atomic E-state index is 11.4. The molecule has 0 bridgehead atoms. The molecule has 0 atom stereocenters. The molecule has 1 saturated carbocycles. The number of aliphatic carboxylic acids is 1. The first kappa shape index (κ1) is 14.5. The van der Waals surface area contributed by atoms with Crippen molar-refractivity contribution in [2.24, 2.45) is 5.41 Å². The van der Waals surface area contributed by atoms with E-state index in [1.807, 2.05) is 0 Å². The molecule has 1 fully saturated rings. The van der Waals surface area contributed by atoms with E-state index < -0.39 is 21.2 Å². The lowest BCUT2D eigenvalue weighted by molar-refractivity contribution is -0.151. The molecule has 0 radical (unpaired) electrons. The molecule has 0 unspecified atom stereocenters. The molecule has 4 nitrogen and oxygen atoms in total. The number of sulfone groups is 1. The standard InChI is InChI=1S/C12H22O4S/c1-2-17(15,16)10-6-9-12(11(13)14)7-4-3-5-8-12/h2-10H2,1H3,(H,13,14). The Morgan fingerprint density at radius 3 is 2.29 bits per heavy atom. The van der Waals surface area contributed by atoms with Gasteiger partial charge in [-0.15, -0.1) is 0 Å². The van der Waals surface area contributed by atoms with Gasteiger partial charge in [0.25, 0.3) is 0 Å². The Labute approximate surface area is 103 Å². The molecule has 1 N–H and O–H groups in total. The highest BCUT2D eigenvalue weighted by Crippen LogP contribution is 2.40. The number of hydrogen-bond donors (Lipinski definition) is 1. The summed E-state index contributed by atoms with van der Waals surface area (Å²) in [6, 6.07) is 0. The van der Waals surface area contributed by atoms with Gasteiger partial charge < -0.3 is 5.11 Å². The van der Waals surface area contributed by atoms with Gasteiger partial charge in [-0.05, 0) is 25.7 Å². The second-order valence-electron chi connectivity index (χ2n) is 4.99. The van der Waals surface area contributed by atoms with Crippen LogP contribution >= 0.6 is 0 Å². The molecule has 1 rings (SSSR count). The third-order valence-electron chi connectivity index (χ3n) is 3.81. The molecule has 0 heterocycles. The van der Waals surface area contributed by atoms with Gasteiger partial charge in [-0.1, -0.05) is 26.2 Å². The number of carbonyl (C=O) groups is 1. The second kappa shape index (κ2) is 5.85. The highest BCUT2D eigenvalue weighted by Gasteiger charge is 2.38. The minimum Gasteiger partial charge on any atom is -0.481 e. The van der Waals surface area contributed by atoms with Gasteiger partial charge in [0.05, 0.1) is 11.2 Å². The van der Waals surface area contributed by atoms with Gasteiger partial charge >= 0.3 is 5.97 Å². The third-order valence-corrected chi connectivity index (χ3v) is 5.61. The van der Waals surface area contributed by atoms with Gasteiger partial charge in [0.15, 0.2) is 0 Å². The van der Waals surface area contributed by atoms with E-state index in [2.05, 4.69) is 0 Å². The minimum absolute atomic E-state index is 0.124. The monoisotopic (exact) mass is 262 g/mol. The van der Waals surface area contributed by atoms with Crippen molar-refractivity contribution in [2.45, 2.75) is 51.9 Å². The first-order valence-corrected chi connectivity index (χ1v) is 8.18. The van der Waals surface area contributed by atoms with Crippen LogP contribution in [0.2, 0.25) is 0 Å². The van der Waals surface area contributed by atoms with Crippen LogP contribution in [0.3, 0.4) is 0 Å². The van der Waals surface area contributed by atoms with Crippen molar-refractivity contribution in [3.63, 3.8) is 0 Å². The summed E-state index contributed by atoms with van der Waals surface area (Å²) in [5, 5.41) is 9.33. The molecule has 17 heavy (non-hydrogen) atoms. The molecule has 0 aromatic heterocycles. The van der Waals surface area contributed by atoms with Gasteiger partial charge in [-0.2, -0.15) is 0 Å². The fraction of sp³-hybridized carbons (Fsp3) is 0.917. The fourth-order valence-electron chi connectivity index (χ4n) is 2.57. The Hall–Kier alpha value is -0.580. The van der Waals surface area contributed by atoms with Crippen LogP contribution in [-0.4, -0.2) is 31.0 Å². The lowest BCUT2D eigenvalue weighted by Crippen LogP contribution is -2.33. The quantitative estimate of drug-likeness (QED) is 0.796. The third kappa shape index (κ3) is 3.98. The Morgan fingerprint density at radius 1 is 1.24 bits per heavy atom. The molecular formula is C12H22O4S. The zero-order valence-electron chi connectivity index (χ0n) is 10.4. The van der Waals surface area contributed by atoms with E-state index in [1.54, 1.807) is 6.92 Å². The van der Waals surface area contributed by atoms with E-state index >= 15 is 0 Å². The zero-order valence-corrected chi connectivity index (χ0v) is 11.3. The maximum atomic E-state index is 11.4. The zero-order chi connectivity index (χ0) is 12.9. The SMILES string of the molecule is CCS(=O)(=O)CCCC1(C(=O)O)CCCCC1. The van der Waals surface area contributed by atoms with Crippen LogP contribution in [0, 0.1) is 5.41 Å². The molecule has 0 amide bonds. The number of hydrogen-bond acceptors (Lipinski definition) is 3. The van der Waals surface area contributed by atoms with Crippen LogP contribution in [0.25, 0.3) is 0 Å². The highest BCUT2D eigenvalue weighted by atomic mass is 32.2. The molecule has 0 spiro atoms. The van der Waals surface area contributed by atoms with Crippen molar-refractivity contribution in [2.75, 3.05) is 11.5 Å². The average molecular weight is 262 g/mol. The van der Waals surface area contributed by atoms with Crippen molar-refractivity contribution in [3.8, 4) is 0 Å². The topological polar surface area (TPSA) is 71.4 Å². The van der Waals surface area contributed by atoms with Crippen molar-refractivity contribution in [1.29, 1.82) is 0 Å². The van der Waals surface area contributed by atoms with E-state index in [9.17, 15) is 18.3 Å². The second-order valence-corrected chi connectivity index (χ2v) is 7.46. The average Bonchev–Trinajstić information content (AvgIpc) is 2.30. The molecule has 0 saturated heterocycles. The number of rotatable bonds is 6. The minimum atomic E-state index is -2.97. The molecular weight excluding hydrogens is 240 g/mol. The molecule has 0 aromatic rings. The van der Waals surface area contributed by atoms with Crippen LogP contribution in [0.5, 0.6) is 0 Å². The smallest absolute Gasteiger partial charge is 0.309 e. The summed E-state index contributed by atoms with van der Waals surface area (Å²) < 4.78 is 22.7. The fourth-order valence-corrected chi connectivity index (χ4v) is 3.45.